The first-order valence-electron chi connectivity index (χ1n) is 4.19. The summed E-state index contributed by atoms with van der Waals surface area (Å²) in [6, 6.07) is 2.53. The average molecular weight is 220 g/mol. The minimum Gasteiger partial charge on any atom is -0.398 e. The molecule has 0 saturated carbocycles. The van der Waals surface area contributed by atoms with E-state index in [2.05, 4.69) is 0 Å². The standard InChI is InChI=1S/C9H11F3N2O/c10-9(11,12)6-3-5(8(14)4-15)1-2-7(6)13/h1-3,8,15H,4,13-14H2/t8-/m0/s1. The molecule has 0 bridgehead atoms. The van der Waals surface area contributed by atoms with Crippen molar-refractivity contribution in [1.29, 1.82) is 0 Å². The molecule has 0 radical (unpaired) electrons. The maximum atomic E-state index is 12.4. The van der Waals surface area contributed by atoms with E-state index in [1.165, 1.54) is 6.07 Å². The quantitative estimate of drug-likeness (QED) is 0.657. The number of aliphatic hydroxyl groups is 1. The number of halogens is 3. The molecule has 0 unspecified atom stereocenters. The third-order valence-corrected chi connectivity index (χ3v) is 2.01. The molecule has 0 aliphatic carbocycles. The monoisotopic (exact) mass is 220 g/mol. The summed E-state index contributed by atoms with van der Waals surface area (Å²) < 4.78 is 37.2. The Hall–Kier alpha value is -1.27. The van der Waals surface area contributed by atoms with Gasteiger partial charge in [0.15, 0.2) is 0 Å². The summed E-state index contributed by atoms with van der Waals surface area (Å²) in [5.41, 5.74) is 9.52. The highest BCUT2D eigenvalue weighted by atomic mass is 19.4. The highest BCUT2D eigenvalue weighted by Gasteiger charge is 2.33. The number of nitrogen functional groups attached to an aromatic ring is 1. The lowest BCUT2D eigenvalue weighted by Gasteiger charge is -2.14. The third kappa shape index (κ3) is 2.60. The largest absolute Gasteiger partial charge is 0.418 e. The summed E-state index contributed by atoms with van der Waals surface area (Å²) in [4.78, 5) is 0. The Morgan fingerprint density at radius 1 is 1.33 bits per heavy atom. The molecule has 0 fully saturated rings. The van der Waals surface area contributed by atoms with Gasteiger partial charge in [0, 0.05) is 5.69 Å². The average Bonchev–Trinajstić information content (AvgIpc) is 2.15. The molecule has 0 aliphatic rings. The fraction of sp³-hybridized carbons (Fsp3) is 0.333. The molecular weight excluding hydrogens is 209 g/mol. The van der Waals surface area contributed by atoms with Gasteiger partial charge in [0.1, 0.15) is 0 Å². The normalized spacial score (nSPS) is 13.9. The van der Waals surface area contributed by atoms with Crippen molar-refractivity contribution in [2.45, 2.75) is 12.2 Å². The Balaban J connectivity index is 3.17. The predicted molar refractivity (Wildman–Crippen MR) is 49.9 cm³/mol. The summed E-state index contributed by atoms with van der Waals surface area (Å²) in [6.45, 7) is -0.415. The lowest BCUT2D eigenvalue weighted by atomic mass is 10.0. The van der Waals surface area contributed by atoms with Gasteiger partial charge in [-0.15, -0.1) is 0 Å². The number of hydrogen-bond donors (Lipinski definition) is 3. The molecule has 3 nitrogen and oxygen atoms in total. The second-order valence-electron chi connectivity index (χ2n) is 3.13. The maximum absolute atomic E-state index is 12.4. The van der Waals surface area contributed by atoms with Gasteiger partial charge in [-0.05, 0) is 17.7 Å². The summed E-state index contributed by atoms with van der Waals surface area (Å²) in [5.74, 6) is 0. The van der Waals surface area contributed by atoms with E-state index >= 15 is 0 Å². The number of nitrogens with two attached hydrogens (primary N) is 2. The zero-order chi connectivity index (χ0) is 11.6. The lowest BCUT2D eigenvalue weighted by Crippen LogP contribution is -2.16. The summed E-state index contributed by atoms with van der Waals surface area (Å²) in [7, 11) is 0. The van der Waals surface area contributed by atoms with Crippen molar-refractivity contribution in [2.75, 3.05) is 12.3 Å². The second kappa shape index (κ2) is 4.08. The van der Waals surface area contributed by atoms with Gasteiger partial charge >= 0.3 is 6.18 Å². The Morgan fingerprint density at radius 2 is 1.93 bits per heavy atom. The van der Waals surface area contributed by atoms with Crippen molar-refractivity contribution in [3.05, 3.63) is 29.3 Å². The highest BCUT2D eigenvalue weighted by molar-refractivity contribution is 5.50. The van der Waals surface area contributed by atoms with E-state index in [0.29, 0.717) is 0 Å². The van der Waals surface area contributed by atoms with Gasteiger partial charge in [0.05, 0.1) is 18.2 Å². The van der Waals surface area contributed by atoms with Gasteiger partial charge in [0.2, 0.25) is 0 Å². The highest BCUT2D eigenvalue weighted by Crippen LogP contribution is 2.34. The van der Waals surface area contributed by atoms with Gasteiger partial charge in [0.25, 0.3) is 0 Å². The van der Waals surface area contributed by atoms with Gasteiger partial charge in [-0.2, -0.15) is 13.2 Å². The van der Waals surface area contributed by atoms with Crippen LogP contribution >= 0.6 is 0 Å². The van der Waals surface area contributed by atoms with Crippen LogP contribution in [0.5, 0.6) is 0 Å². The maximum Gasteiger partial charge on any atom is 0.418 e. The Bertz CT molecular complexity index is 352. The molecular formula is C9H11F3N2O. The molecule has 15 heavy (non-hydrogen) atoms. The Kier molecular flexibility index (Phi) is 3.21. The van der Waals surface area contributed by atoms with E-state index < -0.39 is 24.4 Å². The Morgan fingerprint density at radius 3 is 2.40 bits per heavy atom. The molecule has 5 N–H and O–H groups in total. The molecule has 0 amide bonds. The molecule has 1 aromatic rings. The molecule has 0 saturated heterocycles. The summed E-state index contributed by atoms with van der Waals surface area (Å²) in [5, 5.41) is 8.71. The number of rotatable bonds is 2. The second-order valence-corrected chi connectivity index (χ2v) is 3.13. The predicted octanol–water partition coefficient (Wildman–Crippen LogP) is 1.28. The van der Waals surface area contributed by atoms with Gasteiger partial charge in [-0.3, -0.25) is 0 Å². The van der Waals surface area contributed by atoms with E-state index in [-0.39, 0.29) is 11.3 Å². The minimum absolute atomic E-state index is 0.207. The topological polar surface area (TPSA) is 72.3 Å². The molecule has 0 heterocycles. The van der Waals surface area contributed by atoms with E-state index in [1.54, 1.807) is 0 Å². The number of alkyl halides is 3. The van der Waals surface area contributed by atoms with Crippen molar-refractivity contribution < 1.29 is 18.3 Å². The fourth-order valence-electron chi connectivity index (χ4n) is 1.16. The smallest absolute Gasteiger partial charge is 0.398 e. The molecule has 0 spiro atoms. The van der Waals surface area contributed by atoms with Crippen LogP contribution in [0.25, 0.3) is 0 Å². The van der Waals surface area contributed by atoms with Crippen LogP contribution in [-0.2, 0) is 6.18 Å². The summed E-state index contributed by atoms with van der Waals surface area (Å²) >= 11 is 0. The zero-order valence-electron chi connectivity index (χ0n) is 7.75. The van der Waals surface area contributed by atoms with Crippen LogP contribution in [0.4, 0.5) is 18.9 Å². The van der Waals surface area contributed by atoms with Gasteiger partial charge in [-0.25, -0.2) is 0 Å². The first-order valence-corrected chi connectivity index (χ1v) is 4.19. The Labute approximate surface area is 84.5 Å². The molecule has 0 aliphatic heterocycles. The van der Waals surface area contributed by atoms with Crippen molar-refractivity contribution >= 4 is 5.69 Å². The molecule has 1 atom stereocenters. The van der Waals surface area contributed by atoms with E-state index in [4.69, 9.17) is 16.6 Å². The van der Waals surface area contributed by atoms with Crippen LogP contribution in [0.15, 0.2) is 18.2 Å². The number of benzene rings is 1. The van der Waals surface area contributed by atoms with Crippen molar-refractivity contribution in [1.82, 2.24) is 0 Å². The van der Waals surface area contributed by atoms with E-state index in [1.807, 2.05) is 0 Å². The minimum atomic E-state index is -4.50. The van der Waals surface area contributed by atoms with Crippen molar-refractivity contribution in [3.63, 3.8) is 0 Å². The number of aliphatic hydroxyl groups excluding tert-OH is 1. The molecule has 6 heteroatoms. The molecule has 0 aromatic heterocycles. The van der Waals surface area contributed by atoms with Crippen LogP contribution < -0.4 is 11.5 Å². The van der Waals surface area contributed by atoms with Crippen LogP contribution in [0.3, 0.4) is 0 Å². The molecule has 1 rings (SSSR count). The fourth-order valence-corrected chi connectivity index (χ4v) is 1.16. The lowest BCUT2D eigenvalue weighted by molar-refractivity contribution is -0.137. The SMILES string of the molecule is Nc1ccc([C@@H](N)CO)cc1C(F)(F)F. The van der Waals surface area contributed by atoms with E-state index in [9.17, 15) is 13.2 Å². The number of hydrogen-bond acceptors (Lipinski definition) is 3. The van der Waals surface area contributed by atoms with Crippen LogP contribution in [0, 0.1) is 0 Å². The zero-order valence-corrected chi connectivity index (χ0v) is 7.75. The first kappa shape index (κ1) is 11.8. The molecule has 84 valence electrons. The van der Waals surface area contributed by atoms with Gasteiger partial charge in [-0.1, -0.05) is 6.07 Å². The first-order chi connectivity index (χ1) is 6.86. The summed E-state index contributed by atoms with van der Waals surface area (Å²) in [6.07, 6.45) is -4.50. The van der Waals surface area contributed by atoms with Crippen LogP contribution in [0.2, 0.25) is 0 Å². The van der Waals surface area contributed by atoms with Crippen molar-refractivity contribution in [3.8, 4) is 0 Å². The molecule has 1 aromatic carbocycles. The van der Waals surface area contributed by atoms with Crippen LogP contribution in [0.1, 0.15) is 17.2 Å². The van der Waals surface area contributed by atoms with E-state index in [0.717, 1.165) is 12.1 Å². The third-order valence-electron chi connectivity index (χ3n) is 2.01. The number of anilines is 1. The van der Waals surface area contributed by atoms with Gasteiger partial charge < -0.3 is 16.6 Å². The van der Waals surface area contributed by atoms with Crippen LogP contribution in [-0.4, -0.2) is 11.7 Å². The van der Waals surface area contributed by atoms with Crippen molar-refractivity contribution in [2.24, 2.45) is 5.73 Å².